The molecule has 100 valence electrons. The standard InChI is InChI=1S/C17H20ClN/c1-2-3-4-5-6-7-8-14-11-12-19-17-13-15(18)9-10-16(14)17/h7-13H,2-6H2,1H3/b8-7+. The molecule has 0 aliphatic heterocycles. The first kappa shape index (κ1) is 14.1. The van der Waals surface area contributed by atoms with Crippen LogP contribution in [0, 0.1) is 0 Å². The van der Waals surface area contributed by atoms with Gasteiger partial charge >= 0.3 is 0 Å². The smallest absolute Gasteiger partial charge is 0.0722 e. The van der Waals surface area contributed by atoms with Crippen LogP contribution in [0.5, 0.6) is 0 Å². The van der Waals surface area contributed by atoms with E-state index in [-0.39, 0.29) is 0 Å². The molecule has 0 radical (unpaired) electrons. The Morgan fingerprint density at radius 1 is 1.16 bits per heavy atom. The number of halogens is 1. The van der Waals surface area contributed by atoms with Crippen molar-refractivity contribution in [2.24, 2.45) is 0 Å². The highest BCUT2D eigenvalue weighted by Crippen LogP contribution is 2.21. The molecule has 0 unspecified atom stereocenters. The number of benzene rings is 1. The first-order valence-electron chi connectivity index (χ1n) is 7.02. The van der Waals surface area contributed by atoms with E-state index in [1.807, 2.05) is 24.4 Å². The van der Waals surface area contributed by atoms with E-state index >= 15 is 0 Å². The highest BCUT2D eigenvalue weighted by molar-refractivity contribution is 6.31. The number of hydrogen-bond donors (Lipinski definition) is 0. The summed E-state index contributed by atoms with van der Waals surface area (Å²) < 4.78 is 0. The fourth-order valence-electron chi connectivity index (χ4n) is 2.19. The summed E-state index contributed by atoms with van der Waals surface area (Å²) in [5.41, 5.74) is 2.18. The molecule has 0 N–H and O–H groups in total. The van der Waals surface area contributed by atoms with Crippen molar-refractivity contribution < 1.29 is 0 Å². The highest BCUT2D eigenvalue weighted by Gasteiger charge is 1.99. The Morgan fingerprint density at radius 3 is 2.89 bits per heavy atom. The van der Waals surface area contributed by atoms with Crippen molar-refractivity contribution in [1.82, 2.24) is 4.98 Å². The maximum Gasteiger partial charge on any atom is 0.0722 e. The Bertz CT molecular complexity index is 560. The number of unbranched alkanes of at least 4 members (excludes halogenated alkanes) is 4. The van der Waals surface area contributed by atoms with Crippen LogP contribution >= 0.6 is 11.6 Å². The third kappa shape index (κ3) is 4.07. The summed E-state index contributed by atoms with van der Waals surface area (Å²) in [5.74, 6) is 0. The second-order valence-electron chi connectivity index (χ2n) is 4.81. The number of pyridine rings is 1. The van der Waals surface area contributed by atoms with Crippen LogP contribution < -0.4 is 0 Å². The monoisotopic (exact) mass is 273 g/mol. The average molecular weight is 274 g/mol. The molecule has 1 heterocycles. The van der Waals surface area contributed by atoms with Gasteiger partial charge in [-0.25, -0.2) is 0 Å². The predicted octanol–water partition coefficient (Wildman–Crippen LogP) is 5.87. The van der Waals surface area contributed by atoms with Crippen LogP contribution in [0.25, 0.3) is 17.0 Å². The molecule has 0 atom stereocenters. The first-order valence-corrected chi connectivity index (χ1v) is 7.40. The number of nitrogens with zero attached hydrogens (tertiary/aromatic N) is 1. The van der Waals surface area contributed by atoms with Gasteiger partial charge in [0.15, 0.2) is 0 Å². The van der Waals surface area contributed by atoms with E-state index in [9.17, 15) is 0 Å². The van der Waals surface area contributed by atoms with E-state index in [1.165, 1.54) is 31.2 Å². The maximum absolute atomic E-state index is 5.99. The van der Waals surface area contributed by atoms with E-state index in [1.54, 1.807) is 0 Å². The minimum atomic E-state index is 0.737. The van der Waals surface area contributed by atoms with Gasteiger partial charge < -0.3 is 0 Å². The van der Waals surface area contributed by atoms with Crippen molar-refractivity contribution in [2.45, 2.75) is 39.0 Å². The number of aromatic nitrogens is 1. The van der Waals surface area contributed by atoms with Crippen LogP contribution in [0.15, 0.2) is 36.5 Å². The molecule has 0 fully saturated rings. The van der Waals surface area contributed by atoms with E-state index in [0.29, 0.717) is 0 Å². The SMILES string of the molecule is CCCCCC/C=C/c1ccnc2cc(Cl)ccc12. The Morgan fingerprint density at radius 2 is 2.05 bits per heavy atom. The lowest BCUT2D eigenvalue weighted by Crippen LogP contribution is -1.82. The summed E-state index contributed by atoms with van der Waals surface area (Å²) >= 11 is 5.99. The molecule has 0 amide bonds. The lowest BCUT2D eigenvalue weighted by Gasteiger charge is -2.02. The molecule has 1 nitrogen and oxygen atoms in total. The molecule has 2 rings (SSSR count). The predicted molar refractivity (Wildman–Crippen MR) is 84.5 cm³/mol. The third-order valence-corrected chi connectivity index (χ3v) is 3.50. The largest absolute Gasteiger partial charge is 0.256 e. The van der Waals surface area contributed by atoms with Crippen LogP contribution in [0.4, 0.5) is 0 Å². The lowest BCUT2D eigenvalue weighted by molar-refractivity contribution is 0.675. The van der Waals surface area contributed by atoms with E-state index in [4.69, 9.17) is 11.6 Å². The molecule has 0 aliphatic rings. The van der Waals surface area contributed by atoms with Gasteiger partial charge in [-0.05, 0) is 36.6 Å². The summed E-state index contributed by atoms with van der Waals surface area (Å²) in [7, 11) is 0. The zero-order valence-electron chi connectivity index (χ0n) is 11.4. The van der Waals surface area contributed by atoms with Gasteiger partial charge in [0.1, 0.15) is 0 Å². The number of hydrogen-bond acceptors (Lipinski definition) is 1. The fraction of sp³-hybridized carbons (Fsp3) is 0.353. The Balaban J connectivity index is 2.06. The van der Waals surface area contributed by atoms with E-state index in [0.717, 1.165) is 22.3 Å². The summed E-state index contributed by atoms with van der Waals surface area (Å²) in [4.78, 5) is 4.35. The molecule has 0 spiro atoms. The molecule has 1 aromatic carbocycles. The van der Waals surface area contributed by atoms with Gasteiger partial charge in [-0.15, -0.1) is 0 Å². The van der Waals surface area contributed by atoms with Crippen LogP contribution in [-0.2, 0) is 0 Å². The second-order valence-corrected chi connectivity index (χ2v) is 5.25. The topological polar surface area (TPSA) is 12.9 Å². The second kappa shape index (κ2) is 7.30. The molecule has 2 aromatic rings. The van der Waals surface area contributed by atoms with Gasteiger partial charge in [0.2, 0.25) is 0 Å². The number of rotatable bonds is 6. The lowest BCUT2D eigenvalue weighted by atomic mass is 10.1. The molecule has 0 saturated heterocycles. The number of fused-ring (bicyclic) bond motifs is 1. The summed E-state index contributed by atoms with van der Waals surface area (Å²) in [6, 6.07) is 7.93. The summed E-state index contributed by atoms with van der Waals surface area (Å²) in [5, 5.41) is 1.90. The molecule has 1 aromatic heterocycles. The third-order valence-electron chi connectivity index (χ3n) is 3.26. The van der Waals surface area contributed by atoms with Crippen molar-refractivity contribution in [3.63, 3.8) is 0 Å². The van der Waals surface area contributed by atoms with Crippen LogP contribution in [0.2, 0.25) is 5.02 Å². The Labute approximate surface area is 120 Å². The van der Waals surface area contributed by atoms with Crippen LogP contribution in [0.3, 0.4) is 0 Å². The quantitative estimate of drug-likeness (QED) is 0.600. The molecule has 0 aliphatic carbocycles. The van der Waals surface area contributed by atoms with Gasteiger partial charge in [0, 0.05) is 16.6 Å². The molecule has 0 saturated carbocycles. The molecular formula is C17H20ClN. The van der Waals surface area contributed by atoms with Crippen molar-refractivity contribution in [3.05, 3.63) is 47.1 Å². The van der Waals surface area contributed by atoms with Crippen LogP contribution in [0.1, 0.15) is 44.6 Å². The van der Waals surface area contributed by atoms with Crippen molar-refractivity contribution in [3.8, 4) is 0 Å². The molecule has 19 heavy (non-hydrogen) atoms. The first-order chi connectivity index (χ1) is 9.31. The van der Waals surface area contributed by atoms with Gasteiger partial charge in [0.05, 0.1) is 5.52 Å². The summed E-state index contributed by atoms with van der Waals surface area (Å²) in [6.07, 6.45) is 12.7. The molecule has 0 bridgehead atoms. The molecular weight excluding hydrogens is 254 g/mol. The van der Waals surface area contributed by atoms with Crippen LogP contribution in [-0.4, -0.2) is 4.98 Å². The summed E-state index contributed by atoms with van der Waals surface area (Å²) in [6.45, 7) is 2.24. The van der Waals surface area contributed by atoms with Crippen molar-refractivity contribution >= 4 is 28.6 Å². The highest BCUT2D eigenvalue weighted by atomic mass is 35.5. The van der Waals surface area contributed by atoms with Gasteiger partial charge in [-0.2, -0.15) is 0 Å². The maximum atomic E-state index is 5.99. The Hall–Kier alpha value is -1.34. The number of allylic oxidation sites excluding steroid dienone is 1. The van der Waals surface area contributed by atoms with Crippen molar-refractivity contribution in [2.75, 3.05) is 0 Å². The minimum Gasteiger partial charge on any atom is -0.256 e. The van der Waals surface area contributed by atoms with Gasteiger partial charge in [-0.3, -0.25) is 4.98 Å². The Kier molecular flexibility index (Phi) is 5.41. The van der Waals surface area contributed by atoms with Crippen molar-refractivity contribution in [1.29, 1.82) is 0 Å². The zero-order valence-corrected chi connectivity index (χ0v) is 12.2. The van der Waals surface area contributed by atoms with E-state index in [2.05, 4.69) is 30.1 Å². The average Bonchev–Trinajstić information content (AvgIpc) is 2.42. The van der Waals surface area contributed by atoms with Gasteiger partial charge in [0.25, 0.3) is 0 Å². The van der Waals surface area contributed by atoms with E-state index < -0.39 is 0 Å². The molecule has 2 heteroatoms. The minimum absolute atomic E-state index is 0.737. The zero-order chi connectivity index (χ0) is 13.5. The van der Waals surface area contributed by atoms with Gasteiger partial charge in [-0.1, -0.05) is 56.0 Å². The normalized spacial score (nSPS) is 11.5. The fourth-order valence-corrected chi connectivity index (χ4v) is 2.35.